The Morgan fingerprint density at radius 1 is 0.958 bits per heavy atom. The molecule has 2 aromatic carbocycles. The van der Waals surface area contributed by atoms with E-state index in [9.17, 15) is 4.79 Å². The van der Waals surface area contributed by atoms with Crippen LogP contribution in [-0.2, 0) is 6.42 Å². The summed E-state index contributed by atoms with van der Waals surface area (Å²) in [4.78, 5) is 14.4. The van der Waals surface area contributed by atoms with Crippen LogP contribution >= 0.6 is 11.3 Å². The van der Waals surface area contributed by atoms with E-state index >= 15 is 0 Å². The molecule has 0 aliphatic heterocycles. The van der Waals surface area contributed by atoms with Gasteiger partial charge in [0.25, 0.3) is 0 Å². The molecule has 0 bridgehead atoms. The van der Waals surface area contributed by atoms with Gasteiger partial charge < -0.3 is 5.41 Å². The van der Waals surface area contributed by atoms with Gasteiger partial charge >= 0.3 is 0 Å². The van der Waals surface area contributed by atoms with Gasteiger partial charge in [-0.15, -0.1) is 11.3 Å². The van der Waals surface area contributed by atoms with Crippen LogP contribution in [0, 0.1) is 5.41 Å². The summed E-state index contributed by atoms with van der Waals surface area (Å²) in [6, 6.07) is 22.0. The highest BCUT2D eigenvalue weighted by Crippen LogP contribution is 2.28. The maximum absolute atomic E-state index is 12.4. The van der Waals surface area contributed by atoms with Gasteiger partial charge in [0.2, 0.25) is 0 Å². The van der Waals surface area contributed by atoms with Crippen molar-refractivity contribution in [2.75, 3.05) is 0 Å². The highest BCUT2D eigenvalue weighted by atomic mass is 32.1. The van der Waals surface area contributed by atoms with Crippen LogP contribution in [0.2, 0.25) is 0 Å². The lowest BCUT2D eigenvalue weighted by Crippen LogP contribution is -1.99. The molecule has 0 spiro atoms. The number of benzene rings is 2. The molecule has 2 nitrogen and oxygen atoms in total. The van der Waals surface area contributed by atoms with Crippen molar-refractivity contribution in [3.8, 4) is 10.4 Å². The molecular weight excluding hydrogens is 314 g/mol. The molecule has 1 aromatic heterocycles. The Bertz CT molecular complexity index is 847. The lowest BCUT2D eigenvalue weighted by Gasteiger charge is -2.02. The van der Waals surface area contributed by atoms with Crippen LogP contribution in [0.15, 0.2) is 66.7 Å². The number of Topliss-reactive ketones (excluding diaryl/α,β-unsaturated/α-hetero) is 1. The molecule has 0 unspecified atom stereocenters. The third kappa shape index (κ3) is 3.87. The van der Waals surface area contributed by atoms with Crippen LogP contribution in [0.3, 0.4) is 0 Å². The Hall–Kier alpha value is -2.52. The second kappa shape index (κ2) is 7.37. The van der Waals surface area contributed by atoms with Gasteiger partial charge in [-0.3, -0.25) is 4.79 Å². The zero-order valence-corrected chi connectivity index (χ0v) is 14.4. The number of rotatable bonds is 6. The quantitative estimate of drug-likeness (QED) is 0.462. The molecule has 0 atom stereocenters. The molecule has 0 saturated heterocycles. The van der Waals surface area contributed by atoms with E-state index in [0.29, 0.717) is 12.1 Å². The summed E-state index contributed by atoms with van der Waals surface area (Å²) >= 11 is 1.56. The number of nitrogens with one attached hydrogen (secondary N) is 1. The Morgan fingerprint density at radius 2 is 1.67 bits per heavy atom. The van der Waals surface area contributed by atoms with E-state index in [1.165, 1.54) is 0 Å². The molecule has 120 valence electrons. The van der Waals surface area contributed by atoms with E-state index in [4.69, 9.17) is 5.41 Å². The zero-order valence-electron chi connectivity index (χ0n) is 13.6. The number of thiophene rings is 1. The van der Waals surface area contributed by atoms with Crippen molar-refractivity contribution in [1.82, 2.24) is 0 Å². The summed E-state index contributed by atoms with van der Waals surface area (Å²) in [5.74, 6) is 0.189. The van der Waals surface area contributed by atoms with E-state index in [0.717, 1.165) is 32.9 Å². The van der Waals surface area contributed by atoms with Crippen LogP contribution in [0.5, 0.6) is 0 Å². The molecule has 3 rings (SSSR count). The van der Waals surface area contributed by atoms with Gasteiger partial charge in [0.1, 0.15) is 0 Å². The molecule has 0 saturated carbocycles. The van der Waals surface area contributed by atoms with Crippen molar-refractivity contribution in [1.29, 1.82) is 5.41 Å². The third-order valence-electron chi connectivity index (χ3n) is 3.97. The average Bonchev–Trinajstić information content (AvgIpc) is 3.11. The Labute approximate surface area is 146 Å². The summed E-state index contributed by atoms with van der Waals surface area (Å²) in [6.07, 6.45) is 1.24. The molecule has 3 heteroatoms. The van der Waals surface area contributed by atoms with Gasteiger partial charge in [-0.05, 0) is 42.2 Å². The molecule has 0 aliphatic rings. The summed E-state index contributed by atoms with van der Waals surface area (Å²) in [7, 11) is 0. The molecule has 3 aromatic rings. The summed E-state index contributed by atoms with van der Waals surface area (Å²) in [5.41, 5.74) is 3.77. The van der Waals surface area contributed by atoms with Crippen LogP contribution in [0.25, 0.3) is 10.4 Å². The monoisotopic (exact) mass is 333 g/mol. The van der Waals surface area contributed by atoms with E-state index < -0.39 is 0 Å². The van der Waals surface area contributed by atoms with Crippen LogP contribution in [-0.4, -0.2) is 11.5 Å². The Balaban J connectivity index is 1.63. The second-order valence-corrected chi connectivity index (χ2v) is 6.86. The predicted molar refractivity (Wildman–Crippen MR) is 101 cm³/mol. The first-order chi connectivity index (χ1) is 11.6. The van der Waals surface area contributed by atoms with Crippen LogP contribution in [0.1, 0.15) is 34.1 Å². The van der Waals surface area contributed by atoms with Gasteiger partial charge in [-0.1, -0.05) is 54.6 Å². The largest absolute Gasteiger partial charge is 0.305 e. The molecule has 0 amide bonds. The molecular formula is C21H19NOS. The SMILES string of the molecule is CC(=N)c1ccc(CCC(=O)c2ccc(-c3ccccc3)s2)cc1. The minimum Gasteiger partial charge on any atom is -0.305 e. The van der Waals surface area contributed by atoms with Gasteiger partial charge in [0.05, 0.1) is 4.88 Å². The van der Waals surface area contributed by atoms with Crippen LogP contribution in [0.4, 0.5) is 0 Å². The second-order valence-electron chi connectivity index (χ2n) is 5.78. The fraction of sp³-hybridized carbons (Fsp3) is 0.143. The standard InChI is InChI=1S/C21H19NOS/c1-15(22)17-10-7-16(8-11-17)9-12-19(23)21-14-13-20(24-21)18-5-3-2-4-6-18/h2-8,10-11,13-14,22H,9,12H2,1H3. The lowest BCUT2D eigenvalue weighted by molar-refractivity contribution is 0.0986. The number of aryl methyl sites for hydroxylation is 1. The van der Waals surface area contributed by atoms with E-state index in [1.807, 2.05) is 54.6 Å². The highest BCUT2D eigenvalue weighted by Gasteiger charge is 2.10. The predicted octanol–water partition coefficient (Wildman–Crippen LogP) is 5.62. The molecule has 0 aliphatic carbocycles. The third-order valence-corrected chi connectivity index (χ3v) is 5.14. The van der Waals surface area contributed by atoms with Gasteiger partial charge in [-0.25, -0.2) is 0 Å². The molecule has 24 heavy (non-hydrogen) atoms. The fourth-order valence-electron chi connectivity index (χ4n) is 2.55. The number of carbonyl (C=O) groups excluding carboxylic acids is 1. The van der Waals surface area contributed by atoms with Crippen LogP contribution < -0.4 is 0 Å². The van der Waals surface area contributed by atoms with Crippen molar-refractivity contribution < 1.29 is 4.79 Å². The normalized spacial score (nSPS) is 10.5. The number of hydrogen-bond acceptors (Lipinski definition) is 3. The van der Waals surface area contributed by atoms with Gasteiger partial charge in [0, 0.05) is 17.0 Å². The Morgan fingerprint density at radius 3 is 2.33 bits per heavy atom. The first-order valence-corrected chi connectivity index (χ1v) is 8.78. The minimum absolute atomic E-state index is 0.189. The number of hydrogen-bond donors (Lipinski definition) is 1. The van der Waals surface area contributed by atoms with E-state index in [-0.39, 0.29) is 5.78 Å². The molecule has 1 N–H and O–H groups in total. The Kier molecular flexibility index (Phi) is 5.02. The van der Waals surface area contributed by atoms with Gasteiger partial charge in [-0.2, -0.15) is 0 Å². The maximum atomic E-state index is 12.4. The van der Waals surface area contributed by atoms with Crippen molar-refractivity contribution in [2.24, 2.45) is 0 Å². The topological polar surface area (TPSA) is 40.9 Å². The smallest absolute Gasteiger partial charge is 0.173 e. The lowest BCUT2D eigenvalue weighted by atomic mass is 10.0. The zero-order chi connectivity index (χ0) is 16.9. The first kappa shape index (κ1) is 16.3. The molecule has 0 fully saturated rings. The molecule has 1 heterocycles. The number of ketones is 1. The summed E-state index contributed by atoms with van der Waals surface area (Å²) in [5, 5.41) is 7.61. The van der Waals surface area contributed by atoms with Crippen molar-refractivity contribution in [3.05, 3.63) is 82.7 Å². The van der Waals surface area contributed by atoms with Crippen molar-refractivity contribution >= 4 is 22.8 Å². The fourth-order valence-corrected chi connectivity index (χ4v) is 3.53. The summed E-state index contributed by atoms with van der Waals surface area (Å²) in [6.45, 7) is 1.78. The minimum atomic E-state index is 0.189. The van der Waals surface area contributed by atoms with E-state index in [1.54, 1.807) is 18.3 Å². The maximum Gasteiger partial charge on any atom is 0.173 e. The average molecular weight is 333 g/mol. The molecule has 0 radical (unpaired) electrons. The van der Waals surface area contributed by atoms with Crippen molar-refractivity contribution in [3.63, 3.8) is 0 Å². The van der Waals surface area contributed by atoms with Crippen molar-refractivity contribution in [2.45, 2.75) is 19.8 Å². The summed E-state index contributed by atoms with van der Waals surface area (Å²) < 4.78 is 0. The highest BCUT2D eigenvalue weighted by molar-refractivity contribution is 7.17. The first-order valence-electron chi connectivity index (χ1n) is 7.96. The number of carbonyl (C=O) groups is 1. The van der Waals surface area contributed by atoms with E-state index in [2.05, 4.69) is 12.1 Å². The van der Waals surface area contributed by atoms with Gasteiger partial charge in [0.15, 0.2) is 5.78 Å².